The maximum Gasteiger partial charge on any atom is 0.333 e. The summed E-state index contributed by atoms with van der Waals surface area (Å²) in [6, 6.07) is 7.41. The van der Waals surface area contributed by atoms with Crippen LogP contribution in [-0.2, 0) is 30.3 Å². The number of amides is 2. The zero-order chi connectivity index (χ0) is 18.0. The molecular formula is C17H16N2O5S. The van der Waals surface area contributed by atoms with Gasteiger partial charge in [-0.1, -0.05) is 30.3 Å². The van der Waals surface area contributed by atoms with E-state index in [4.69, 9.17) is 0 Å². The van der Waals surface area contributed by atoms with Gasteiger partial charge >= 0.3 is 5.97 Å². The predicted molar refractivity (Wildman–Crippen MR) is 90.3 cm³/mol. The number of thioether (sulfide) groups is 1. The summed E-state index contributed by atoms with van der Waals surface area (Å²) in [7, 11) is 1.20. The van der Waals surface area contributed by atoms with Gasteiger partial charge in [0.1, 0.15) is 17.7 Å². The topological polar surface area (TPSA) is 92.8 Å². The van der Waals surface area contributed by atoms with Gasteiger partial charge in [0.15, 0.2) is 6.04 Å². The number of hydrogen-bond acceptors (Lipinski definition) is 6. The Bertz CT molecular complexity index is 749. The van der Waals surface area contributed by atoms with Crippen LogP contribution in [0.5, 0.6) is 0 Å². The second kappa shape index (κ2) is 7.10. The first-order chi connectivity index (χ1) is 12.1. The first kappa shape index (κ1) is 17.2. The van der Waals surface area contributed by atoms with Gasteiger partial charge in [-0.3, -0.25) is 14.4 Å². The molecule has 2 unspecified atom stereocenters. The van der Waals surface area contributed by atoms with E-state index in [1.807, 2.05) is 30.3 Å². The molecule has 1 aromatic carbocycles. The highest BCUT2D eigenvalue weighted by Gasteiger charge is 2.56. The largest absolute Gasteiger partial charge is 0.467 e. The Morgan fingerprint density at radius 2 is 2.04 bits per heavy atom. The van der Waals surface area contributed by atoms with Crippen LogP contribution in [0, 0.1) is 0 Å². The van der Waals surface area contributed by atoms with E-state index in [1.54, 1.807) is 5.41 Å². The molecule has 1 saturated heterocycles. The van der Waals surface area contributed by atoms with E-state index in [2.05, 4.69) is 10.1 Å². The molecule has 0 saturated carbocycles. The quantitative estimate of drug-likeness (QED) is 0.460. The molecule has 7 nitrogen and oxygen atoms in total. The number of ether oxygens (including phenoxy) is 1. The van der Waals surface area contributed by atoms with Crippen LogP contribution in [0.3, 0.4) is 0 Å². The minimum absolute atomic E-state index is 0.165. The number of β-lactam (4-membered cyclic amide) rings is 1. The minimum atomic E-state index is -1.05. The van der Waals surface area contributed by atoms with Crippen LogP contribution >= 0.6 is 11.8 Å². The van der Waals surface area contributed by atoms with Gasteiger partial charge in [-0.2, -0.15) is 0 Å². The van der Waals surface area contributed by atoms with Crippen molar-refractivity contribution in [3.63, 3.8) is 0 Å². The zero-order valence-corrected chi connectivity index (χ0v) is 14.2. The number of nitrogens with one attached hydrogen (secondary N) is 1. The van der Waals surface area contributed by atoms with Crippen molar-refractivity contribution in [2.45, 2.75) is 23.9 Å². The van der Waals surface area contributed by atoms with Crippen LogP contribution in [0.1, 0.15) is 5.56 Å². The van der Waals surface area contributed by atoms with Gasteiger partial charge in [0.2, 0.25) is 11.8 Å². The number of hydrogen-bond donors (Lipinski definition) is 1. The predicted octanol–water partition coefficient (Wildman–Crippen LogP) is 0.253. The molecule has 2 amide bonds. The van der Waals surface area contributed by atoms with Crippen LogP contribution in [0.4, 0.5) is 0 Å². The van der Waals surface area contributed by atoms with Crippen molar-refractivity contribution in [3.8, 4) is 0 Å². The molecule has 3 rings (SSSR count). The number of rotatable bonds is 5. The van der Waals surface area contributed by atoms with Gasteiger partial charge in [0.25, 0.3) is 0 Å². The average Bonchev–Trinajstić information content (AvgIpc) is 2.64. The average molecular weight is 360 g/mol. The van der Waals surface area contributed by atoms with E-state index in [9.17, 15) is 19.2 Å². The minimum Gasteiger partial charge on any atom is -0.467 e. The molecule has 8 heteroatoms. The van der Waals surface area contributed by atoms with Crippen LogP contribution < -0.4 is 5.32 Å². The highest BCUT2D eigenvalue weighted by atomic mass is 32.2. The summed E-state index contributed by atoms with van der Waals surface area (Å²) in [6.07, 6.45) is 0.706. The lowest BCUT2D eigenvalue weighted by Crippen LogP contribution is -2.74. The third-order valence-electron chi connectivity index (χ3n) is 4.10. The van der Waals surface area contributed by atoms with E-state index >= 15 is 0 Å². The molecule has 1 N–H and O–H groups in total. The summed E-state index contributed by atoms with van der Waals surface area (Å²) in [5.74, 6) is -1.35. The second-order valence-corrected chi connectivity index (χ2v) is 6.63. The van der Waals surface area contributed by atoms with Crippen molar-refractivity contribution < 1.29 is 23.9 Å². The lowest BCUT2D eigenvalue weighted by atomic mass is 9.98. The Kier molecular flexibility index (Phi) is 4.89. The number of nitrogens with zero attached hydrogens (tertiary/aromatic N) is 1. The molecule has 0 spiro atoms. The summed E-state index contributed by atoms with van der Waals surface area (Å²) in [6.45, 7) is 0. The fourth-order valence-corrected chi connectivity index (χ4v) is 4.05. The molecule has 25 heavy (non-hydrogen) atoms. The summed E-state index contributed by atoms with van der Waals surface area (Å²) < 4.78 is 4.69. The van der Waals surface area contributed by atoms with E-state index in [0.29, 0.717) is 6.29 Å². The van der Waals surface area contributed by atoms with Crippen molar-refractivity contribution in [1.29, 1.82) is 0 Å². The Morgan fingerprint density at radius 3 is 2.68 bits per heavy atom. The molecular weight excluding hydrogens is 344 g/mol. The number of methoxy groups -OCH3 is 1. The molecule has 1 fully saturated rings. The standard InChI is InChI=1S/C17H16N2O5S/c1-24-17(23)14-11(8-20)9-25-16-13(15(22)19(14)16)18-12(21)7-10-5-3-2-4-6-10/h2-6,8-9,13-14,16H,7H2,1H3,(H,18,21)/t13?,14?,16-/m1/s1. The van der Waals surface area contributed by atoms with Gasteiger partial charge in [-0.15, -0.1) is 11.8 Å². The fraction of sp³-hybridized carbons (Fsp3) is 0.294. The van der Waals surface area contributed by atoms with Gasteiger partial charge < -0.3 is 15.0 Å². The summed E-state index contributed by atoms with van der Waals surface area (Å²) in [4.78, 5) is 49.0. The molecule has 130 valence electrons. The summed E-state index contributed by atoms with van der Waals surface area (Å²) in [5, 5.41) is 3.81. The van der Waals surface area contributed by atoms with E-state index in [1.165, 1.54) is 23.8 Å². The normalized spacial score (nSPS) is 24.5. The highest BCUT2D eigenvalue weighted by Crippen LogP contribution is 2.39. The maximum atomic E-state index is 12.4. The van der Waals surface area contributed by atoms with Gasteiger partial charge in [-0.05, 0) is 11.0 Å². The molecule has 2 aliphatic rings. The molecule has 3 atom stereocenters. The molecule has 2 heterocycles. The van der Waals surface area contributed by atoms with E-state index < -0.39 is 29.3 Å². The summed E-state index contributed by atoms with van der Waals surface area (Å²) in [5.41, 5.74) is 1.02. The molecule has 0 aromatic heterocycles. The van der Waals surface area contributed by atoms with Gasteiger partial charge in [-0.25, -0.2) is 4.79 Å². The monoisotopic (exact) mass is 360 g/mol. The number of fused-ring (bicyclic) bond motifs is 1. The number of carbonyl (C=O) groups excluding carboxylic acids is 4. The molecule has 2 aliphatic heterocycles. The maximum absolute atomic E-state index is 12.4. The first-order valence-corrected chi connectivity index (χ1v) is 8.55. The zero-order valence-electron chi connectivity index (χ0n) is 13.4. The van der Waals surface area contributed by atoms with Crippen molar-refractivity contribution in [1.82, 2.24) is 10.2 Å². The first-order valence-electron chi connectivity index (χ1n) is 7.61. The van der Waals surface area contributed by atoms with Crippen molar-refractivity contribution >= 4 is 35.8 Å². The van der Waals surface area contributed by atoms with Crippen LogP contribution in [0.15, 0.2) is 41.3 Å². The SMILES string of the molecule is COC(=O)C1C(C=O)=CS[C@@H]2C(NC(=O)Cc3ccccc3)C(=O)N12. The summed E-state index contributed by atoms with van der Waals surface area (Å²) >= 11 is 1.23. The molecule has 0 aliphatic carbocycles. The van der Waals surface area contributed by atoms with Gasteiger partial charge in [0.05, 0.1) is 13.5 Å². The number of esters is 1. The molecule has 0 bridgehead atoms. The Hall–Kier alpha value is -2.61. The van der Waals surface area contributed by atoms with E-state index in [0.717, 1.165) is 5.56 Å². The lowest BCUT2D eigenvalue weighted by Gasteiger charge is -2.51. The highest BCUT2D eigenvalue weighted by molar-refractivity contribution is 8.03. The van der Waals surface area contributed by atoms with Crippen molar-refractivity contribution in [2.75, 3.05) is 7.11 Å². The lowest BCUT2D eigenvalue weighted by molar-refractivity contribution is -0.161. The Labute approximate surface area is 148 Å². The van der Waals surface area contributed by atoms with E-state index in [-0.39, 0.29) is 17.9 Å². The molecule has 1 aromatic rings. The van der Waals surface area contributed by atoms with Crippen molar-refractivity contribution in [3.05, 3.63) is 46.9 Å². The fourth-order valence-electron chi connectivity index (χ4n) is 2.87. The number of carbonyl (C=O) groups is 4. The number of aldehydes is 1. The Balaban J connectivity index is 1.70. The van der Waals surface area contributed by atoms with Crippen LogP contribution in [0.2, 0.25) is 0 Å². The molecule has 0 radical (unpaired) electrons. The smallest absolute Gasteiger partial charge is 0.333 e. The van der Waals surface area contributed by atoms with Crippen molar-refractivity contribution in [2.24, 2.45) is 0 Å². The van der Waals surface area contributed by atoms with Gasteiger partial charge in [0, 0.05) is 5.57 Å². The van der Waals surface area contributed by atoms with Crippen LogP contribution in [0.25, 0.3) is 0 Å². The van der Waals surface area contributed by atoms with Crippen LogP contribution in [-0.4, -0.2) is 53.5 Å². The third-order valence-corrected chi connectivity index (χ3v) is 5.29. The number of benzene rings is 1. The third kappa shape index (κ3) is 3.17. The second-order valence-electron chi connectivity index (χ2n) is 5.64. The Morgan fingerprint density at radius 1 is 1.32 bits per heavy atom.